The van der Waals surface area contributed by atoms with Crippen LogP contribution in [0, 0.1) is 11.8 Å². The highest BCUT2D eigenvalue weighted by molar-refractivity contribution is 5.79. The number of piperidine rings is 1. The number of fused-ring (bicyclic) bond motifs is 1. The van der Waals surface area contributed by atoms with E-state index in [0.29, 0.717) is 24.5 Å². The number of hydrogen-bond acceptors (Lipinski definition) is 3. The molecule has 3 atom stereocenters. The average Bonchev–Trinajstić information content (AvgIpc) is 2.97. The second-order valence-corrected chi connectivity index (χ2v) is 5.27. The summed E-state index contributed by atoms with van der Waals surface area (Å²) in [6.07, 6.45) is 3.45. The fourth-order valence-electron chi connectivity index (χ4n) is 3.21. The van der Waals surface area contributed by atoms with E-state index in [2.05, 4.69) is 10.2 Å². The Hall–Kier alpha value is -0.610. The first-order valence-corrected chi connectivity index (χ1v) is 6.44. The predicted molar refractivity (Wildman–Crippen MR) is 60.0 cm³/mol. The van der Waals surface area contributed by atoms with Gasteiger partial charge in [0.15, 0.2) is 0 Å². The number of carbonyl (C=O) groups excluding carboxylic acids is 1. The first-order chi connectivity index (χ1) is 7.84. The molecule has 3 rings (SSSR count). The number of carbonyl (C=O) groups is 1. The highest BCUT2D eigenvalue weighted by atomic mass is 16.5. The summed E-state index contributed by atoms with van der Waals surface area (Å²) >= 11 is 0. The Labute approximate surface area is 96.3 Å². The lowest BCUT2D eigenvalue weighted by molar-refractivity contribution is -0.134. The van der Waals surface area contributed by atoms with Crippen molar-refractivity contribution in [1.29, 1.82) is 0 Å². The molecule has 16 heavy (non-hydrogen) atoms. The van der Waals surface area contributed by atoms with E-state index >= 15 is 0 Å². The third-order valence-electron chi connectivity index (χ3n) is 4.19. The van der Waals surface area contributed by atoms with Gasteiger partial charge in [0.25, 0.3) is 0 Å². The number of rotatable bonds is 1. The third-order valence-corrected chi connectivity index (χ3v) is 4.19. The zero-order valence-corrected chi connectivity index (χ0v) is 9.65. The van der Waals surface area contributed by atoms with Crippen molar-refractivity contribution < 1.29 is 9.53 Å². The fraction of sp³-hybridized carbons (Fsp3) is 0.917. The summed E-state index contributed by atoms with van der Waals surface area (Å²) in [5.41, 5.74) is 0. The second kappa shape index (κ2) is 4.34. The van der Waals surface area contributed by atoms with Crippen molar-refractivity contribution in [2.24, 2.45) is 11.8 Å². The largest absolute Gasteiger partial charge is 0.381 e. The van der Waals surface area contributed by atoms with Crippen LogP contribution in [-0.4, -0.2) is 49.7 Å². The summed E-state index contributed by atoms with van der Waals surface area (Å²) in [6, 6.07) is 0.556. The smallest absolute Gasteiger partial charge is 0.228 e. The molecule has 0 aromatic carbocycles. The van der Waals surface area contributed by atoms with Crippen LogP contribution >= 0.6 is 0 Å². The molecule has 3 saturated heterocycles. The number of amides is 1. The third kappa shape index (κ3) is 1.84. The molecule has 3 aliphatic rings. The molecule has 3 unspecified atom stereocenters. The first-order valence-electron chi connectivity index (χ1n) is 6.44. The van der Waals surface area contributed by atoms with Crippen molar-refractivity contribution in [2.45, 2.75) is 25.3 Å². The molecule has 0 radical (unpaired) electrons. The monoisotopic (exact) mass is 224 g/mol. The van der Waals surface area contributed by atoms with Crippen LogP contribution in [0.5, 0.6) is 0 Å². The first kappa shape index (κ1) is 10.5. The van der Waals surface area contributed by atoms with E-state index < -0.39 is 0 Å². The standard InChI is InChI=1S/C12H20N2O2/c15-12(10-3-5-16-8-10)14-6-9-2-1-4-13-11(9)7-14/h9-11,13H,1-8H2. The number of nitrogens with zero attached hydrogens (tertiary/aromatic N) is 1. The molecule has 4 nitrogen and oxygen atoms in total. The van der Waals surface area contributed by atoms with Crippen molar-refractivity contribution in [3.8, 4) is 0 Å². The Morgan fingerprint density at radius 2 is 2.25 bits per heavy atom. The zero-order chi connectivity index (χ0) is 11.0. The van der Waals surface area contributed by atoms with E-state index in [4.69, 9.17) is 4.74 Å². The molecule has 1 amide bonds. The van der Waals surface area contributed by atoms with Gasteiger partial charge >= 0.3 is 0 Å². The highest BCUT2D eigenvalue weighted by Crippen LogP contribution is 2.27. The number of hydrogen-bond donors (Lipinski definition) is 1. The molecule has 0 bridgehead atoms. The molecule has 3 aliphatic heterocycles. The van der Waals surface area contributed by atoms with Crippen LogP contribution in [0.25, 0.3) is 0 Å². The van der Waals surface area contributed by atoms with Gasteiger partial charge in [0.1, 0.15) is 0 Å². The molecule has 3 heterocycles. The second-order valence-electron chi connectivity index (χ2n) is 5.27. The Kier molecular flexibility index (Phi) is 2.86. The fourth-order valence-corrected chi connectivity index (χ4v) is 3.21. The van der Waals surface area contributed by atoms with Gasteiger partial charge < -0.3 is 15.0 Å². The van der Waals surface area contributed by atoms with Gasteiger partial charge in [-0.1, -0.05) is 0 Å². The maximum atomic E-state index is 12.2. The number of likely N-dealkylation sites (tertiary alicyclic amines) is 1. The van der Waals surface area contributed by atoms with Crippen LogP contribution in [0.1, 0.15) is 19.3 Å². The molecule has 1 N–H and O–H groups in total. The van der Waals surface area contributed by atoms with Gasteiger partial charge in [-0.2, -0.15) is 0 Å². The lowest BCUT2D eigenvalue weighted by Gasteiger charge is -2.24. The molecule has 90 valence electrons. The van der Waals surface area contributed by atoms with Crippen LogP contribution in [0.3, 0.4) is 0 Å². The minimum Gasteiger partial charge on any atom is -0.381 e. The van der Waals surface area contributed by atoms with Crippen LogP contribution in [0.2, 0.25) is 0 Å². The minimum absolute atomic E-state index is 0.139. The van der Waals surface area contributed by atoms with E-state index in [0.717, 1.165) is 32.7 Å². The van der Waals surface area contributed by atoms with Crippen molar-refractivity contribution in [2.75, 3.05) is 32.8 Å². The Bertz CT molecular complexity index is 262. The molecule has 0 spiro atoms. The van der Waals surface area contributed by atoms with Crippen molar-refractivity contribution in [1.82, 2.24) is 10.2 Å². The van der Waals surface area contributed by atoms with Gasteiger partial charge in [0.2, 0.25) is 5.91 Å². The van der Waals surface area contributed by atoms with Gasteiger partial charge in [-0.25, -0.2) is 0 Å². The summed E-state index contributed by atoms with van der Waals surface area (Å²) in [5.74, 6) is 1.16. The maximum absolute atomic E-state index is 12.2. The quantitative estimate of drug-likeness (QED) is 0.693. The van der Waals surface area contributed by atoms with E-state index in [9.17, 15) is 4.79 Å². The van der Waals surface area contributed by atoms with Crippen molar-refractivity contribution >= 4 is 5.91 Å². The molecule has 0 aliphatic carbocycles. The SMILES string of the molecule is O=C(C1CCOC1)N1CC2CCCNC2C1. The van der Waals surface area contributed by atoms with E-state index in [1.807, 2.05) is 0 Å². The van der Waals surface area contributed by atoms with E-state index in [1.165, 1.54) is 12.8 Å². The predicted octanol–water partition coefficient (Wildman–Crippen LogP) is 0.233. The summed E-state index contributed by atoms with van der Waals surface area (Å²) in [6.45, 7) is 4.40. The Morgan fingerprint density at radius 1 is 1.31 bits per heavy atom. The molecule has 3 fully saturated rings. The van der Waals surface area contributed by atoms with Crippen molar-refractivity contribution in [3.05, 3.63) is 0 Å². The molecule has 0 aromatic heterocycles. The molecule has 0 saturated carbocycles. The number of nitrogens with one attached hydrogen (secondary N) is 1. The summed E-state index contributed by atoms with van der Waals surface area (Å²) in [7, 11) is 0. The van der Waals surface area contributed by atoms with Crippen LogP contribution < -0.4 is 5.32 Å². The topological polar surface area (TPSA) is 41.6 Å². The normalized spacial score (nSPS) is 38.8. The lowest BCUT2D eigenvalue weighted by atomic mass is 9.94. The van der Waals surface area contributed by atoms with Crippen molar-refractivity contribution in [3.63, 3.8) is 0 Å². The summed E-state index contributed by atoms with van der Waals surface area (Å²) in [5, 5.41) is 3.53. The molecule has 4 heteroatoms. The average molecular weight is 224 g/mol. The van der Waals surface area contributed by atoms with Gasteiger partial charge in [-0.3, -0.25) is 4.79 Å². The molecule has 0 aromatic rings. The molecular formula is C12H20N2O2. The maximum Gasteiger partial charge on any atom is 0.228 e. The molecular weight excluding hydrogens is 204 g/mol. The Morgan fingerprint density at radius 3 is 3.00 bits per heavy atom. The minimum atomic E-state index is 0.139. The van der Waals surface area contributed by atoms with Crippen LogP contribution in [0.4, 0.5) is 0 Å². The zero-order valence-electron chi connectivity index (χ0n) is 9.65. The van der Waals surface area contributed by atoms with Gasteiger partial charge in [-0.05, 0) is 31.7 Å². The lowest BCUT2D eigenvalue weighted by Crippen LogP contribution is -2.41. The van der Waals surface area contributed by atoms with Crippen LogP contribution in [0.15, 0.2) is 0 Å². The van der Waals surface area contributed by atoms with Crippen LogP contribution in [-0.2, 0) is 9.53 Å². The Balaban J connectivity index is 1.61. The summed E-state index contributed by atoms with van der Waals surface area (Å²) < 4.78 is 5.29. The van der Waals surface area contributed by atoms with Gasteiger partial charge in [0, 0.05) is 25.7 Å². The number of ether oxygens (including phenoxy) is 1. The highest BCUT2D eigenvalue weighted by Gasteiger charge is 2.38. The van der Waals surface area contributed by atoms with E-state index in [-0.39, 0.29) is 5.92 Å². The summed E-state index contributed by atoms with van der Waals surface area (Å²) in [4.78, 5) is 14.3. The van der Waals surface area contributed by atoms with Gasteiger partial charge in [0.05, 0.1) is 12.5 Å². The van der Waals surface area contributed by atoms with E-state index in [1.54, 1.807) is 0 Å². The van der Waals surface area contributed by atoms with Gasteiger partial charge in [-0.15, -0.1) is 0 Å².